The van der Waals surface area contributed by atoms with Gasteiger partial charge in [-0.25, -0.2) is 17.6 Å². The molecule has 12 heteroatoms. The van der Waals surface area contributed by atoms with E-state index in [2.05, 4.69) is 5.32 Å². The Balaban J connectivity index is 1.69. The summed E-state index contributed by atoms with van der Waals surface area (Å²) in [7, 11) is 0. The summed E-state index contributed by atoms with van der Waals surface area (Å²) in [6.07, 6.45) is -2.95. The van der Waals surface area contributed by atoms with Gasteiger partial charge in [0.1, 0.15) is 36.2 Å². The van der Waals surface area contributed by atoms with E-state index in [0.717, 1.165) is 27.9 Å². The Morgan fingerprint density at radius 2 is 1.94 bits per heavy atom. The molecular weight excluding hydrogens is 448 g/mol. The quantitative estimate of drug-likeness (QED) is 0.668. The first-order chi connectivity index (χ1) is 15.6. The van der Waals surface area contributed by atoms with Crippen molar-refractivity contribution >= 4 is 11.8 Å². The van der Waals surface area contributed by atoms with Crippen LogP contribution in [0.2, 0.25) is 0 Å². The summed E-state index contributed by atoms with van der Waals surface area (Å²) in [4.78, 5) is 39.1. The summed E-state index contributed by atoms with van der Waals surface area (Å²) in [5.74, 6) is -4.57. The first kappa shape index (κ1) is 22.6. The highest BCUT2D eigenvalue weighted by Crippen LogP contribution is 2.27. The third-order valence-electron chi connectivity index (χ3n) is 5.81. The largest absolute Gasteiger partial charge is 0.502 e. The van der Waals surface area contributed by atoms with E-state index >= 15 is 0 Å². The van der Waals surface area contributed by atoms with Crippen molar-refractivity contribution in [3.63, 3.8) is 0 Å². The molecule has 1 aromatic heterocycles. The van der Waals surface area contributed by atoms with Crippen LogP contribution < -0.4 is 15.8 Å². The molecule has 0 radical (unpaired) electrons. The van der Waals surface area contributed by atoms with E-state index in [1.54, 1.807) is 6.92 Å². The predicted octanol–water partition coefficient (Wildman–Crippen LogP) is 1.58. The van der Waals surface area contributed by atoms with E-state index in [1.807, 2.05) is 0 Å². The lowest BCUT2D eigenvalue weighted by Gasteiger charge is -2.45. The summed E-state index contributed by atoms with van der Waals surface area (Å²) in [5.41, 5.74) is -2.21. The van der Waals surface area contributed by atoms with E-state index < -0.39 is 70.8 Å². The van der Waals surface area contributed by atoms with Gasteiger partial charge in [0.2, 0.25) is 5.43 Å². The smallest absolute Gasteiger partial charge is 0.277 e. The van der Waals surface area contributed by atoms with Gasteiger partial charge >= 0.3 is 0 Å². The molecule has 1 aromatic carbocycles. The Morgan fingerprint density at radius 1 is 1.21 bits per heavy atom. The molecule has 2 N–H and O–H groups in total. The van der Waals surface area contributed by atoms with Gasteiger partial charge < -0.3 is 15.3 Å². The molecule has 0 unspecified atom stereocenters. The molecule has 2 amide bonds. The van der Waals surface area contributed by atoms with Gasteiger partial charge in [0.05, 0.1) is 6.54 Å². The number of alkyl halides is 2. The maximum absolute atomic E-state index is 14.2. The Labute approximate surface area is 185 Å². The second-order valence-electron chi connectivity index (χ2n) is 8.06. The fourth-order valence-electron chi connectivity index (χ4n) is 3.96. The minimum absolute atomic E-state index is 0.0370. The molecule has 8 nitrogen and oxygen atoms in total. The number of carbonyl (C=O) groups excluding carboxylic acids is 2. The molecule has 3 atom stereocenters. The van der Waals surface area contributed by atoms with Crippen molar-refractivity contribution in [2.75, 3.05) is 18.2 Å². The number of carbonyl (C=O) groups is 2. The maximum Gasteiger partial charge on any atom is 0.277 e. The second-order valence-corrected chi connectivity index (χ2v) is 8.06. The minimum atomic E-state index is -1.92. The zero-order valence-electron chi connectivity index (χ0n) is 17.4. The van der Waals surface area contributed by atoms with Gasteiger partial charge in [-0.05, 0) is 13.0 Å². The predicted molar refractivity (Wildman–Crippen MR) is 108 cm³/mol. The van der Waals surface area contributed by atoms with Crippen LogP contribution in [0.4, 0.5) is 17.6 Å². The summed E-state index contributed by atoms with van der Waals surface area (Å²) in [6.45, 7) is 0.502. The number of aromatic hydroxyl groups is 1. The van der Waals surface area contributed by atoms with Gasteiger partial charge in [0.15, 0.2) is 11.4 Å². The first-order valence-electron chi connectivity index (χ1n) is 10.1. The van der Waals surface area contributed by atoms with Gasteiger partial charge in [-0.15, -0.1) is 0 Å². The molecule has 0 saturated carbocycles. The molecule has 4 rings (SSSR count). The van der Waals surface area contributed by atoms with Crippen LogP contribution in [0.5, 0.6) is 5.75 Å². The van der Waals surface area contributed by atoms with E-state index in [0.29, 0.717) is 6.07 Å². The highest BCUT2D eigenvalue weighted by molar-refractivity contribution is 5.99. The van der Waals surface area contributed by atoms with Gasteiger partial charge in [-0.2, -0.15) is 0 Å². The fourth-order valence-corrected chi connectivity index (χ4v) is 3.96. The van der Waals surface area contributed by atoms with Crippen molar-refractivity contribution in [2.24, 2.45) is 0 Å². The second kappa shape index (κ2) is 8.41. The van der Waals surface area contributed by atoms with Gasteiger partial charge in [-0.3, -0.25) is 24.1 Å². The van der Waals surface area contributed by atoms with Gasteiger partial charge in [0, 0.05) is 36.8 Å². The number of hydrogen-bond donors (Lipinski definition) is 2. The van der Waals surface area contributed by atoms with Crippen LogP contribution in [-0.2, 0) is 6.54 Å². The molecule has 33 heavy (non-hydrogen) atoms. The lowest BCUT2D eigenvalue weighted by Crippen LogP contribution is -2.61. The van der Waals surface area contributed by atoms with E-state index in [1.165, 1.54) is 5.01 Å². The number of halogens is 4. The van der Waals surface area contributed by atoms with Crippen molar-refractivity contribution in [1.29, 1.82) is 0 Å². The summed E-state index contributed by atoms with van der Waals surface area (Å²) < 4.78 is 56.3. The molecule has 176 valence electrons. The summed E-state index contributed by atoms with van der Waals surface area (Å²) >= 11 is 0. The SMILES string of the molecule is C[C@@H]1C[C@@H](F)[C@@H](F)CN2CN1n1cc(C(=O)NCc3ccc(F)cc3F)c(=O)c(O)c1C2=O. The molecular formula is C21H20F4N4O4. The molecule has 0 spiro atoms. The highest BCUT2D eigenvalue weighted by atomic mass is 19.2. The van der Waals surface area contributed by atoms with Crippen molar-refractivity contribution < 1.29 is 32.3 Å². The average Bonchev–Trinajstić information content (AvgIpc) is 2.75. The number of nitrogens with one attached hydrogen (secondary N) is 1. The molecule has 3 heterocycles. The zero-order valence-corrected chi connectivity index (χ0v) is 17.4. The first-order valence-corrected chi connectivity index (χ1v) is 10.1. The van der Waals surface area contributed by atoms with Crippen molar-refractivity contribution in [2.45, 2.75) is 38.3 Å². The van der Waals surface area contributed by atoms with Gasteiger partial charge in [0.25, 0.3) is 11.8 Å². The Kier molecular flexibility index (Phi) is 5.76. The Bertz CT molecular complexity index is 1190. The lowest BCUT2D eigenvalue weighted by atomic mass is 10.0. The average molecular weight is 468 g/mol. The van der Waals surface area contributed by atoms with E-state index in [-0.39, 0.29) is 25.2 Å². The third-order valence-corrected chi connectivity index (χ3v) is 5.81. The minimum Gasteiger partial charge on any atom is -0.502 e. The van der Waals surface area contributed by atoms with Gasteiger partial charge in [-0.1, -0.05) is 6.07 Å². The summed E-state index contributed by atoms with van der Waals surface area (Å²) in [5, 5.41) is 14.2. The van der Waals surface area contributed by atoms with Crippen molar-refractivity contribution in [3.05, 3.63) is 63.1 Å². The fraction of sp³-hybridized carbons (Fsp3) is 0.381. The van der Waals surface area contributed by atoms with Crippen LogP contribution in [0.15, 0.2) is 29.2 Å². The topological polar surface area (TPSA) is 94.9 Å². The van der Waals surface area contributed by atoms with Crippen LogP contribution in [0.3, 0.4) is 0 Å². The number of pyridine rings is 1. The van der Waals surface area contributed by atoms with Crippen molar-refractivity contribution in [3.8, 4) is 5.75 Å². The lowest BCUT2D eigenvalue weighted by molar-refractivity contribution is 0.0444. The van der Waals surface area contributed by atoms with Crippen LogP contribution >= 0.6 is 0 Å². The number of fused-ring (bicyclic) bond motifs is 4. The summed E-state index contributed by atoms with van der Waals surface area (Å²) in [6, 6.07) is 2.12. The Morgan fingerprint density at radius 3 is 2.64 bits per heavy atom. The number of hydrogen-bond acceptors (Lipinski definition) is 5. The number of amides is 2. The number of nitrogens with zero attached hydrogens (tertiary/aromatic N) is 3. The molecule has 2 aliphatic rings. The molecule has 2 bridgehead atoms. The third kappa shape index (κ3) is 4.00. The molecule has 0 aliphatic carbocycles. The van der Waals surface area contributed by atoms with Crippen LogP contribution in [-0.4, -0.2) is 58.1 Å². The van der Waals surface area contributed by atoms with E-state index in [9.17, 15) is 37.1 Å². The number of aromatic nitrogens is 1. The van der Waals surface area contributed by atoms with Crippen LogP contribution in [0.25, 0.3) is 0 Å². The van der Waals surface area contributed by atoms with Crippen LogP contribution in [0.1, 0.15) is 39.8 Å². The van der Waals surface area contributed by atoms with Crippen molar-refractivity contribution in [1.82, 2.24) is 14.9 Å². The molecule has 1 saturated heterocycles. The van der Waals surface area contributed by atoms with E-state index in [4.69, 9.17) is 0 Å². The molecule has 2 aromatic rings. The molecule has 2 aliphatic heterocycles. The Hall–Kier alpha value is -3.57. The number of benzene rings is 1. The zero-order chi connectivity index (χ0) is 24.0. The maximum atomic E-state index is 14.2. The molecule has 1 fully saturated rings. The highest BCUT2D eigenvalue weighted by Gasteiger charge is 2.41. The number of rotatable bonds is 3. The normalized spacial score (nSPS) is 22.5. The van der Waals surface area contributed by atoms with Crippen LogP contribution in [0, 0.1) is 11.6 Å². The standard InChI is InChI=1S/C21H20F4N4O4/c1-10-4-15(24)16(25)8-27-9-29(10)28-7-13(18(30)19(31)17(28)21(27)33)20(32)26-6-11-2-3-12(22)5-14(11)23/h2-3,5,7,10,15-16,31H,4,6,8-9H2,1H3,(H,26,32)/t10-,15-,16+/m1/s1. The monoisotopic (exact) mass is 468 g/mol.